The highest BCUT2D eigenvalue weighted by molar-refractivity contribution is 7.12. The Kier molecular flexibility index (Phi) is 7.10. The maximum Gasteiger partial charge on any atom is 0.223 e. The molecule has 1 N–H and O–H groups in total. The number of carbonyl (C=O) groups excluding carboxylic acids is 1. The monoisotopic (exact) mass is 282 g/mol. The topological polar surface area (TPSA) is 32.3 Å². The number of hydrogen-bond acceptors (Lipinski definition) is 3. The van der Waals surface area contributed by atoms with Crippen molar-refractivity contribution in [1.29, 1.82) is 0 Å². The van der Waals surface area contributed by atoms with E-state index >= 15 is 0 Å². The number of carbonyl (C=O) groups is 1. The van der Waals surface area contributed by atoms with Gasteiger partial charge in [0.05, 0.1) is 0 Å². The third-order valence-electron chi connectivity index (χ3n) is 3.36. The van der Waals surface area contributed by atoms with Gasteiger partial charge in [-0.1, -0.05) is 6.92 Å². The molecule has 1 aromatic heterocycles. The van der Waals surface area contributed by atoms with Crippen molar-refractivity contribution in [2.24, 2.45) is 0 Å². The van der Waals surface area contributed by atoms with Crippen molar-refractivity contribution in [3.05, 3.63) is 21.9 Å². The Morgan fingerprint density at radius 2 is 2.00 bits per heavy atom. The van der Waals surface area contributed by atoms with Gasteiger partial charge in [0, 0.05) is 41.9 Å². The van der Waals surface area contributed by atoms with E-state index in [1.165, 1.54) is 9.75 Å². The number of thiophene rings is 1. The second kappa shape index (κ2) is 8.33. The molecule has 1 unspecified atom stereocenters. The van der Waals surface area contributed by atoms with Crippen molar-refractivity contribution in [3.8, 4) is 0 Å². The van der Waals surface area contributed by atoms with Crippen LogP contribution in [0.5, 0.6) is 0 Å². The summed E-state index contributed by atoms with van der Waals surface area (Å²) < 4.78 is 0. The second-order valence-corrected chi connectivity index (χ2v) is 5.85. The summed E-state index contributed by atoms with van der Waals surface area (Å²) in [6, 6.07) is 4.71. The van der Waals surface area contributed by atoms with Gasteiger partial charge >= 0.3 is 0 Å². The Bertz CT molecular complexity index is 385. The molecule has 0 aromatic carbocycles. The number of nitrogens with one attached hydrogen (secondary N) is 1. The van der Waals surface area contributed by atoms with Gasteiger partial charge in [-0.25, -0.2) is 0 Å². The molecule has 0 saturated heterocycles. The first-order chi connectivity index (χ1) is 9.12. The Hall–Kier alpha value is -0.870. The maximum absolute atomic E-state index is 11.9. The first-order valence-electron chi connectivity index (χ1n) is 7.22. The maximum atomic E-state index is 11.9. The summed E-state index contributed by atoms with van der Waals surface area (Å²) in [5, 5.41) is 3.43. The molecule has 19 heavy (non-hydrogen) atoms. The van der Waals surface area contributed by atoms with Gasteiger partial charge in [-0.05, 0) is 39.3 Å². The van der Waals surface area contributed by atoms with E-state index in [2.05, 4.69) is 31.3 Å². The molecule has 0 radical (unpaired) electrons. The second-order valence-electron chi connectivity index (χ2n) is 4.65. The van der Waals surface area contributed by atoms with Crippen LogP contribution in [0.15, 0.2) is 12.1 Å². The number of amides is 1. The molecule has 1 atom stereocenters. The fraction of sp³-hybridized carbons (Fsp3) is 0.667. The van der Waals surface area contributed by atoms with E-state index in [9.17, 15) is 4.79 Å². The lowest BCUT2D eigenvalue weighted by molar-refractivity contribution is -0.130. The molecule has 0 fully saturated rings. The van der Waals surface area contributed by atoms with Gasteiger partial charge in [-0.15, -0.1) is 11.3 Å². The quantitative estimate of drug-likeness (QED) is 0.794. The predicted octanol–water partition coefficient (Wildman–Crippen LogP) is 3.22. The van der Waals surface area contributed by atoms with Crippen LogP contribution in [-0.2, 0) is 11.2 Å². The lowest BCUT2D eigenvalue weighted by atomic mass is 10.2. The largest absolute Gasteiger partial charge is 0.343 e. The Labute approximate surface area is 121 Å². The van der Waals surface area contributed by atoms with Gasteiger partial charge < -0.3 is 10.2 Å². The first kappa shape index (κ1) is 16.2. The molecule has 4 heteroatoms. The zero-order chi connectivity index (χ0) is 14.3. The smallest absolute Gasteiger partial charge is 0.223 e. The molecule has 0 aliphatic rings. The molecule has 3 nitrogen and oxygen atoms in total. The molecule has 0 spiro atoms. The van der Waals surface area contributed by atoms with Crippen LogP contribution in [-0.4, -0.2) is 30.4 Å². The third kappa shape index (κ3) is 4.96. The van der Waals surface area contributed by atoms with Gasteiger partial charge in [0.25, 0.3) is 0 Å². The SMILES string of the molecule is CCc1ccc(C(C)NCCC(=O)N(CC)CC)s1. The molecular weight excluding hydrogens is 256 g/mol. The van der Waals surface area contributed by atoms with E-state index in [1.54, 1.807) is 0 Å². The summed E-state index contributed by atoms with van der Waals surface area (Å²) in [5.41, 5.74) is 0. The lowest BCUT2D eigenvalue weighted by Gasteiger charge is -2.19. The Morgan fingerprint density at radius 1 is 1.32 bits per heavy atom. The van der Waals surface area contributed by atoms with Gasteiger partial charge in [-0.3, -0.25) is 4.79 Å². The van der Waals surface area contributed by atoms with E-state index < -0.39 is 0 Å². The van der Waals surface area contributed by atoms with Crippen LogP contribution >= 0.6 is 11.3 Å². The van der Waals surface area contributed by atoms with E-state index in [-0.39, 0.29) is 5.91 Å². The van der Waals surface area contributed by atoms with Crippen molar-refractivity contribution >= 4 is 17.2 Å². The molecule has 1 heterocycles. The average molecular weight is 282 g/mol. The fourth-order valence-corrected chi connectivity index (χ4v) is 3.03. The summed E-state index contributed by atoms with van der Waals surface area (Å²) in [5.74, 6) is 0.241. The standard InChI is InChI=1S/C15H26N2OS/c1-5-13-8-9-14(19-13)12(4)16-11-10-15(18)17(6-2)7-3/h8-9,12,16H,5-7,10-11H2,1-4H3. The minimum Gasteiger partial charge on any atom is -0.343 e. The van der Waals surface area contributed by atoms with Gasteiger partial charge in [0.15, 0.2) is 0 Å². The minimum atomic E-state index is 0.241. The van der Waals surface area contributed by atoms with E-state index in [0.717, 1.165) is 26.1 Å². The van der Waals surface area contributed by atoms with Crippen LogP contribution in [0.1, 0.15) is 49.9 Å². The van der Waals surface area contributed by atoms with Crippen LogP contribution in [0.2, 0.25) is 0 Å². The molecule has 0 aliphatic heterocycles. The molecule has 1 amide bonds. The van der Waals surface area contributed by atoms with Crippen molar-refractivity contribution in [2.75, 3.05) is 19.6 Å². The number of rotatable bonds is 8. The number of aryl methyl sites for hydroxylation is 1. The van der Waals surface area contributed by atoms with Crippen molar-refractivity contribution < 1.29 is 4.79 Å². The molecule has 1 aromatic rings. The lowest BCUT2D eigenvalue weighted by Crippen LogP contribution is -2.33. The van der Waals surface area contributed by atoms with Crippen LogP contribution in [0.25, 0.3) is 0 Å². The number of hydrogen-bond donors (Lipinski definition) is 1. The van der Waals surface area contributed by atoms with E-state index in [4.69, 9.17) is 0 Å². The third-order valence-corrected chi connectivity index (χ3v) is 4.78. The fourth-order valence-electron chi connectivity index (χ4n) is 2.05. The highest BCUT2D eigenvalue weighted by Gasteiger charge is 2.11. The van der Waals surface area contributed by atoms with Crippen LogP contribution in [0, 0.1) is 0 Å². The Morgan fingerprint density at radius 3 is 2.53 bits per heavy atom. The average Bonchev–Trinajstić information content (AvgIpc) is 2.89. The van der Waals surface area contributed by atoms with Crippen LogP contribution < -0.4 is 5.32 Å². The van der Waals surface area contributed by atoms with Gasteiger partial charge in [0.1, 0.15) is 0 Å². The van der Waals surface area contributed by atoms with Crippen LogP contribution in [0.3, 0.4) is 0 Å². The van der Waals surface area contributed by atoms with E-state index in [0.29, 0.717) is 12.5 Å². The van der Waals surface area contributed by atoms with Crippen molar-refractivity contribution in [3.63, 3.8) is 0 Å². The Balaban J connectivity index is 2.34. The van der Waals surface area contributed by atoms with Gasteiger partial charge in [0.2, 0.25) is 5.91 Å². The van der Waals surface area contributed by atoms with E-state index in [1.807, 2.05) is 30.1 Å². The van der Waals surface area contributed by atoms with Gasteiger partial charge in [-0.2, -0.15) is 0 Å². The molecule has 0 saturated carbocycles. The molecule has 0 bridgehead atoms. The summed E-state index contributed by atoms with van der Waals surface area (Å²) in [4.78, 5) is 16.5. The van der Waals surface area contributed by atoms with Crippen molar-refractivity contribution in [2.45, 2.75) is 46.6 Å². The molecule has 0 aliphatic carbocycles. The highest BCUT2D eigenvalue weighted by Crippen LogP contribution is 2.23. The summed E-state index contributed by atoms with van der Waals surface area (Å²) in [6.07, 6.45) is 1.68. The summed E-state index contributed by atoms with van der Waals surface area (Å²) in [7, 11) is 0. The highest BCUT2D eigenvalue weighted by atomic mass is 32.1. The van der Waals surface area contributed by atoms with Crippen molar-refractivity contribution in [1.82, 2.24) is 10.2 Å². The first-order valence-corrected chi connectivity index (χ1v) is 8.03. The predicted molar refractivity (Wildman–Crippen MR) is 82.7 cm³/mol. The number of nitrogens with zero attached hydrogens (tertiary/aromatic N) is 1. The summed E-state index contributed by atoms with van der Waals surface area (Å²) in [6.45, 7) is 10.7. The zero-order valence-corrected chi connectivity index (χ0v) is 13.3. The molecule has 108 valence electrons. The molecular formula is C15H26N2OS. The molecule has 1 rings (SSSR count). The zero-order valence-electron chi connectivity index (χ0n) is 12.5. The normalized spacial score (nSPS) is 12.4. The van der Waals surface area contributed by atoms with Crippen LogP contribution in [0.4, 0.5) is 0 Å². The summed E-state index contributed by atoms with van der Waals surface area (Å²) >= 11 is 1.86. The minimum absolute atomic E-state index is 0.241.